The second kappa shape index (κ2) is 20.5. The summed E-state index contributed by atoms with van der Waals surface area (Å²) in [6.07, 6.45) is 0.463. The quantitative estimate of drug-likeness (QED) is 0.0835. The van der Waals surface area contributed by atoms with Gasteiger partial charge >= 0.3 is 23.9 Å². The zero-order valence-corrected chi connectivity index (χ0v) is 31.5. The van der Waals surface area contributed by atoms with Gasteiger partial charge in [-0.2, -0.15) is 0 Å². The molecule has 0 spiro atoms. The number of carboxylic acids is 3. The first-order chi connectivity index (χ1) is 25.5. The van der Waals surface area contributed by atoms with Crippen molar-refractivity contribution in [2.45, 2.75) is 78.4 Å². The lowest BCUT2D eigenvalue weighted by Gasteiger charge is -2.21. The molecule has 1 amide bonds. The van der Waals surface area contributed by atoms with E-state index in [2.05, 4.69) is 5.32 Å². The summed E-state index contributed by atoms with van der Waals surface area (Å²) in [4.78, 5) is 58.2. The fourth-order valence-electron chi connectivity index (χ4n) is 5.85. The van der Waals surface area contributed by atoms with Gasteiger partial charge in [-0.1, -0.05) is 116 Å². The molecular formula is C44H51NO9. The molecule has 4 atom stereocenters. The van der Waals surface area contributed by atoms with Gasteiger partial charge in [0.15, 0.2) is 0 Å². The van der Waals surface area contributed by atoms with Crippen molar-refractivity contribution in [2.75, 3.05) is 0 Å². The topological polar surface area (TPSA) is 167 Å². The van der Waals surface area contributed by atoms with Crippen LogP contribution in [-0.4, -0.2) is 56.7 Å². The molecule has 10 nitrogen and oxygen atoms in total. The predicted molar refractivity (Wildman–Crippen MR) is 208 cm³/mol. The van der Waals surface area contributed by atoms with Gasteiger partial charge in [-0.25, -0.2) is 0 Å². The molecule has 0 radical (unpaired) electrons. The zero-order chi connectivity index (χ0) is 39.8. The summed E-state index contributed by atoms with van der Waals surface area (Å²) in [5.41, 5.74) is 5.46. The monoisotopic (exact) mass is 737 g/mol. The highest BCUT2D eigenvalue weighted by molar-refractivity contribution is 5.84. The minimum absolute atomic E-state index is 0.132. The largest absolute Gasteiger partial charge is 0.481 e. The molecule has 0 aliphatic rings. The highest BCUT2D eigenvalue weighted by atomic mass is 16.6. The van der Waals surface area contributed by atoms with Gasteiger partial charge in [-0.15, -0.1) is 0 Å². The molecule has 0 bridgehead atoms. The van der Waals surface area contributed by atoms with Gasteiger partial charge in [0, 0.05) is 6.04 Å². The molecule has 4 rings (SSSR count). The van der Waals surface area contributed by atoms with Crippen molar-refractivity contribution < 1.29 is 44.0 Å². The summed E-state index contributed by atoms with van der Waals surface area (Å²) >= 11 is 0. The number of amides is 1. The normalized spacial score (nSPS) is 13.2. The molecule has 4 aromatic carbocycles. The molecule has 4 aromatic rings. The fraction of sp³-hybridized carbons (Fsp3) is 0.341. The number of aliphatic carboxylic acids is 3. The third kappa shape index (κ3) is 15.1. The van der Waals surface area contributed by atoms with Gasteiger partial charge in [0.05, 0.1) is 30.6 Å². The molecule has 0 aliphatic heterocycles. The molecule has 3 unspecified atom stereocenters. The summed E-state index contributed by atoms with van der Waals surface area (Å²) in [5, 5.41) is 30.4. The Morgan fingerprint density at radius 2 is 1.02 bits per heavy atom. The number of rotatable bonds is 16. The van der Waals surface area contributed by atoms with Crippen LogP contribution in [0, 0.1) is 17.8 Å². The first kappa shape index (κ1) is 42.6. The highest BCUT2D eigenvalue weighted by Gasteiger charge is 2.26. The van der Waals surface area contributed by atoms with Crippen LogP contribution in [0.4, 0.5) is 0 Å². The lowest BCUT2D eigenvalue weighted by Crippen LogP contribution is -2.40. The first-order valence-electron chi connectivity index (χ1n) is 18.0. The minimum Gasteiger partial charge on any atom is -0.481 e. The van der Waals surface area contributed by atoms with Crippen LogP contribution in [0.1, 0.15) is 65.0 Å². The van der Waals surface area contributed by atoms with Gasteiger partial charge < -0.3 is 25.4 Å². The Morgan fingerprint density at radius 3 is 1.41 bits per heavy atom. The second-order valence-corrected chi connectivity index (χ2v) is 14.5. The SMILES string of the molecule is CC(C)(C)OC(=O)CC(Cc1ccc(-c2ccccc2)cc1)C(=O)O.CC(C[C@@H](C)NC(=O)C(CC(=O)O)Cc1ccc(-c2ccccc2)cc1)C(=O)O. The third-order valence-corrected chi connectivity index (χ3v) is 8.58. The average molecular weight is 738 g/mol. The smallest absolute Gasteiger partial charge is 0.307 e. The van der Waals surface area contributed by atoms with Gasteiger partial charge in [0.1, 0.15) is 5.60 Å². The van der Waals surface area contributed by atoms with Crippen LogP contribution in [-0.2, 0) is 41.6 Å². The number of carboxylic acid groups (broad SMARTS) is 3. The standard InChI is InChI=1S/C23H27NO5.C21H24O4/c1-15(23(28)29)12-16(2)24-22(27)20(14-21(25)26)13-17-8-10-19(11-9-17)18-6-4-3-5-7-18;1-21(2,3)25-19(22)14-18(20(23)24)13-15-9-11-17(12-10-15)16-7-5-4-6-8-16/h3-11,15-16,20H,12-14H2,1-2H3,(H,24,27)(H,25,26)(H,28,29);4-12,18H,13-14H2,1-3H3,(H,23,24)/t15?,16-,20?;/m1./s1. The maximum absolute atomic E-state index is 12.6. The number of benzene rings is 4. The number of carbonyl (C=O) groups excluding carboxylic acids is 2. The molecule has 0 fully saturated rings. The van der Waals surface area contributed by atoms with Crippen molar-refractivity contribution in [3.63, 3.8) is 0 Å². The summed E-state index contributed by atoms with van der Waals surface area (Å²) in [5.74, 6) is -5.92. The summed E-state index contributed by atoms with van der Waals surface area (Å²) in [7, 11) is 0. The highest BCUT2D eigenvalue weighted by Crippen LogP contribution is 2.23. The maximum atomic E-state index is 12.6. The Hall–Kier alpha value is -5.77. The molecule has 4 N–H and O–H groups in total. The van der Waals surface area contributed by atoms with E-state index in [4.69, 9.17) is 9.84 Å². The molecule has 0 aliphatic carbocycles. The van der Waals surface area contributed by atoms with Crippen molar-refractivity contribution in [3.05, 3.63) is 120 Å². The first-order valence-corrected chi connectivity index (χ1v) is 18.0. The molecule has 0 heterocycles. The number of nitrogens with one attached hydrogen (secondary N) is 1. The fourth-order valence-corrected chi connectivity index (χ4v) is 5.85. The molecule has 286 valence electrons. The summed E-state index contributed by atoms with van der Waals surface area (Å²) in [6, 6.07) is 35.0. The number of hydrogen-bond donors (Lipinski definition) is 4. The number of hydrogen-bond acceptors (Lipinski definition) is 6. The Bertz CT molecular complexity index is 1820. The van der Waals surface area contributed by atoms with Crippen LogP contribution in [0.5, 0.6) is 0 Å². The number of esters is 1. The van der Waals surface area contributed by atoms with E-state index in [0.717, 1.165) is 33.4 Å². The van der Waals surface area contributed by atoms with E-state index in [1.165, 1.54) is 0 Å². The lowest BCUT2D eigenvalue weighted by molar-refractivity contribution is -0.159. The lowest BCUT2D eigenvalue weighted by atomic mass is 9.93. The van der Waals surface area contributed by atoms with Crippen LogP contribution in [0.2, 0.25) is 0 Å². The van der Waals surface area contributed by atoms with Crippen LogP contribution in [0.25, 0.3) is 22.3 Å². The summed E-state index contributed by atoms with van der Waals surface area (Å²) in [6.45, 7) is 8.60. The summed E-state index contributed by atoms with van der Waals surface area (Å²) < 4.78 is 5.23. The van der Waals surface area contributed by atoms with Gasteiger partial charge in [-0.3, -0.25) is 24.0 Å². The van der Waals surface area contributed by atoms with Gasteiger partial charge in [-0.05, 0) is 80.3 Å². The van der Waals surface area contributed by atoms with Crippen molar-refractivity contribution in [1.29, 1.82) is 0 Å². The van der Waals surface area contributed by atoms with Gasteiger partial charge in [0.25, 0.3) is 0 Å². The van der Waals surface area contributed by atoms with E-state index in [9.17, 15) is 34.2 Å². The van der Waals surface area contributed by atoms with E-state index in [1.54, 1.807) is 34.6 Å². The van der Waals surface area contributed by atoms with Crippen LogP contribution in [0.15, 0.2) is 109 Å². The van der Waals surface area contributed by atoms with Crippen molar-refractivity contribution in [2.24, 2.45) is 17.8 Å². The van der Waals surface area contributed by atoms with Crippen molar-refractivity contribution in [3.8, 4) is 22.3 Å². The Labute approximate surface area is 317 Å². The minimum atomic E-state index is -1.04. The molecule has 0 saturated heterocycles. The molecule has 54 heavy (non-hydrogen) atoms. The van der Waals surface area contributed by atoms with E-state index in [0.29, 0.717) is 12.8 Å². The maximum Gasteiger partial charge on any atom is 0.307 e. The predicted octanol–water partition coefficient (Wildman–Crippen LogP) is 7.93. The van der Waals surface area contributed by atoms with E-state index in [-0.39, 0.29) is 31.2 Å². The van der Waals surface area contributed by atoms with Gasteiger partial charge in [0.2, 0.25) is 5.91 Å². The van der Waals surface area contributed by atoms with Crippen molar-refractivity contribution >= 4 is 29.8 Å². The molecule has 0 saturated carbocycles. The Kier molecular flexibility index (Phi) is 16.2. The van der Waals surface area contributed by atoms with E-state index in [1.807, 2.05) is 109 Å². The Balaban J connectivity index is 0.000000294. The molecule has 0 aromatic heterocycles. The average Bonchev–Trinajstić information content (AvgIpc) is 3.11. The number of carbonyl (C=O) groups is 5. The third-order valence-electron chi connectivity index (χ3n) is 8.58. The van der Waals surface area contributed by atoms with Crippen LogP contribution < -0.4 is 5.32 Å². The Morgan fingerprint density at radius 1 is 0.593 bits per heavy atom. The van der Waals surface area contributed by atoms with Crippen LogP contribution in [0.3, 0.4) is 0 Å². The van der Waals surface area contributed by atoms with Crippen molar-refractivity contribution in [1.82, 2.24) is 5.32 Å². The second-order valence-electron chi connectivity index (χ2n) is 14.5. The number of ether oxygens (including phenoxy) is 1. The van der Waals surface area contributed by atoms with Crippen LogP contribution >= 0.6 is 0 Å². The van der Waals surface area contributed by atoms with E-state index < -0.39 is 47.2 Å². The van der Waals surface area contributed by atoms with E-state index >= 15 is 0 Å². The zero-order valence-electron chi connectivity index (χ0n) is 31.5. The molecular weight excluding hydrogens is 686 g/mol. The molecule has 10 heteroatoms.